The first-order chi connectivity index (χ1) is 5.25. The Balaban J connectivity index is 2.31. The zero-order valence-corrected chi connectivity index (χ0v) is 7.33. The molecule has 1 rings (SSSR count). The smallest absolute Gasteiger partial charge is 0.0974 e. The third-order valence-electron chi connectivity index (χ3n) is 2.18. The van der Waals surface area contributed by atoms with Crippen molar-refractivity contribution in [3.8, 4) is 0 Å². The van der Waals surface area contributed by atoms with E-state index in [1.807, 2.05) is 0 Å². The van der Waals surface area contributed by atoms with Gasteiger partial charge in [-0.05, 0) is 19.9 Å². The van der Waals surface area contributed by atoms with Crippen LogP contribution in [0.1, 0.15) is 13.3 Å². The number of hydrogen-bond donors (Lipinski definition) is 1. The highest BCUT2D eigenvalue weighted by atomic mass is 15.4. The van der Waals surface area contributed by atoms with Crippen LogP contribution < -0.4 is 5.73 Å². The predicted molar refractivity (Wildman–Crippen MR) is 46.7 cm³/mol. The molecular formula is C8H17N3. The van der Waals surface area contributed by atoms with E-state index in [0.29, 0.717) is 6.17 Å². The maximum atomic E-state index is 5.42. The molecule has 3 nitrogen and oxygen atoms in total. The van der Waals surface area contributed by atoms with Crippen molar-refractivity contribution in [2.45, 2.75) is 19.5 Å². The normalized spacial score (nSPS) is 23.4. The van der Waals surface area contributed by atoms with Crippen LogP contribution in [0.25, 0.3) is 0 Å². The summed E-state index contributed by atoms with van der Waals surface area (Å²) < 4.78 is 0. The van der Waals surface area contributed by atoms with Gasteiger partial charge in [0.05, 0.1) is 6.17 Å². The topological polar surface area (TPSA) is 32.5 Å². The Kier molecular flexibility index (Phi) is 2.76. The minimum atomic E-state index is 0.501. The summed E-state index contributed by atoms with van der Waals surface area (Å²) in [6.45, 7) is 4.04. The summed E-state index contributed by atoms with van der Waals surface area (Å²) in [4.78, 5) is 4.49. The lowest BCUT2D eigenvalue weighted by molar-refractivity contribution is 0.194. The molecule has 11 heavy (non-hydrogen) atoms. The van der Waals surface area contributed by atoms with E-state index >= 15 is 0 Å². The van der Waals surface area contributed by atoms with E-state index in [1.165, 1.54) is 0 Å². The van der Waals surface area contributed by atoms with Crippen LogP contribution in [0.3, 0.4) is 0 Å². The van der Waals surface area contributed by atoms with Crippen LogP contribution in [0.5, 0.6) is 0 Å². The quantitative estimate of drug-likeness (QED) is 0.640. The zero-order valence-electron chi connectivity index (χ0n) is 7.33. The second-order valence-corrected chi connectivity index (χ2v) is 2.98. The van der Waals surface area contributed by atoms with Crippen molar-refractivity contribution in [3.05, 3.63) is 12.4 Å². The molecule has 0 bridgehead atoms. The van der Waals surface area contributed by atoms with Crippen LogP contribution in [-0.4, -0.2) is 36.1 Å². The van der Waals surface area contributed by atoms with Gasteiger partial charge >= 0.3 is 0 Å². The molecule has 1 aliphatic heterocycles. The van der Waals surface area contributed by atoms with Gasteiger partial charge < -0.3 is 15.5 Å². The predicted octanol–water partition coefficient (Wildman–Crippen LogP) is 0.400. The highest BCUT2D eigenvalue weighted by Gasteiger charge is 2.16. The Hall–Kier alpha value is -0.700. The first kappa shape index (κ1) is 8.40. The van der Waals surface area contributed by atoms with Crippen molar-refractivity contribution in [3.63, 3.8) is 0 Å². The Morgan fingerprint density at radius 3 is 2.64 bits per heavy atom. The Morgan fingerprint density at radius 2 is 2.18 bits per heavy atom. The van der Waals surface area contributed by atoms with Gasteiger partial charge in [-0.1, -0.05) is 0 Å². The minimum absolute atomic E-state index is 0.501. The zero-order chi connectivity index (χ0) is 8.27. The fraction of sp³-hybridized carbons (Fsp3) is 0.750. The lowest BCUT2D eigenvalue weighted by Gasteiger charge is -2.26. The van der Waals surface area contributed by atoms with E-state index in [9.17, 15) is 0 Å². The lowest BCUT2D eigenvalue weighted by Crippen LogP contribution is -2.34. The number of nitrogens with two attached hydrogens (primary N) is 1. The molecule has 2 N–H and O–H groups in total. The third kappa shape index (κ3) is 1.87. The second-order valence-electron chi connectivity index (χ2n) is 2.98. The van der Waals surface area contributed by atoms with Crippen LogP contribution in [0.2, 0.25) is 0 Å². The van der Waals surface area contributed by atoms with E-state index in [1.54, 1.807) is 0 Å². The summed E-state index contributed by atoms with van der Waals surface area (Å²) in [6, 6.07) is 0. The molecule has 0 aromatic rings. The summed E-state index contributed by atoms with van der Waals surface area (Å²) >= 11 is 0. The highest BCUT2D eigenvalue weighted by molar-refractivity contribution is 4.93. The molecular weight excluding hydrogens is 138 g/mol. The Bertz CT molecular complexity index is 144. The first-order valence-corrected chi connectivity index (χ1v) is 4.12. The van der Waals surface area contributed by atoms with E-state index < -0.39 is 0 Å². The Labute approximate surface area is 68.5 Å². The van der Waals surface area contributed by atoms with E-state index in [4.69, 9.17) is 5.73 Å². The van der Waals surface area contributed by atoms with Crippen molar-refractivity contribution in [1.29, 1.82) is 0 Å². The van der Waals surface area contributed by atoms with Gasteiger partial charge in [0.25, 0.3) is 0 Å². The summed E-state index contributed by atoms with van der Waals surface area (Å²) in [5.41, 5.74) is 5.42. The summed E-state index contributed by atoms with van der Waals surface area (Å²) in [7, 11) is 2.09. The highest BCUT2D eigenvalue weighted by Crippen LogP contribution is 2.12. The van der Waals surface area contributed by atoms with Crippen LogP contribution in [0, 0.1) is 0 Å². The van der Waals surface area contributed by atoms with Gasteiger partial charge in [-0.3, -0.25) is 0 Å². The van der Waals surface area contributed by atoms with Crippen LogP contribution in [-0.2, 0) is 0 Å². The van der Waals surface area contributed by atoms with Crippen molar-refractivity contribution >= 4 is 0 Å². The minimum Gasteiger partial charge on any atom is -0.359 e. The molecule has 1 heterocycles. The Morgan fingerprint density at radius 1 is 1.45 bits per heavy atom. The lowest BCUT2D eigenvalue weighted by atomic mass is 10.4. The molecule has 0 fully saturated rings. The van der Waals surface area contributed by atoms with Crippen molar-refractivity contribution in [1.82, 2.24) is 9.80 Å². The average molecular weight is 155 g/mol. The second kappa shape index (κ2) is 3.62. The molecule has 0 aromatic heterocycles. The fourth-order valence-corrected chi connectivity index (χ4v) is 1.21. The van der Waals surface area contributed by atoms with E-state index in [2.05, 4.69) is 36.2 Å². The van der Waals surface area contributed by atoms with Crippen molar-refractivity contribution in [2.75, 3.05) is 20.1 Å². The molecule has 0 radical (unpaired) electrons. The van der Waals surface area contributed by atoms with E-state index in [0.717, 1.165) is 19.5 Å². The molecule has 1 aliphatic rings. The molecule has 0 saturated heterocycles. The maximum absolute atomic E-state index is 5.42. The van der Waals surface area contributed by atoms with Gasteiger partial charge in [0.15, 0.2) is 0 Å². The fourth-order valence-electron chi connectivity index (χ4n) is 1.21. The van der Waals surface area contributed by atoms with Gasteiger partial charge in [-0.25, -0.2) is 0 Å². The van der Waals surface area contributed by atoms with Gasteiger partial charge in [0.2, 0.25) is 0 Å². The molecule has 0 spiro atoms. The van der Waals surface area contributed by atoms with Gasteiger partial charge in [0.1, 0.15) is 0 Å². The molecule has 3 heteroatoms. The van der Waals surface area contributed by atoms with Crippen LogP contribution in [0.15, 0.2) is 12.4 Å². The summed E-state index contributed by atoms with van der Waals surface area (Å²) in [5, 5.41) is 0. The molecule has 1 unspecified atom stereocenters. The van der Waals surface area contributed by atoms with Gasteiger partial charge in [-0.15, -0.1) is 0 Å². The molecule has 0 saturated carbocycles. The molecule has 1 atom stereocenters. The molecule has 64 valence electrons. The van der Waals surface area contributed by atoms with Crippen molar-refractivity contribution in [2.24, 2.45) is 5.73 Å². The summed E-state index contributed by atoms with van der Waals surface area (Å²) in [5.74, 6) is 0. The van der Waals surface area contributed by atoms with Crippen LogP contribution in [0.4, 0.5) is 0 Å². The van der Waals surface area contributed by atoms with Crippen molar-refractivity contribution < 1.29 is 0 Å². The van der Waals surface area contributed by atoms with Gasteiger partial charge in [0, 0.05) is 26.0 Å². The van der Waals surface area contributed by atoms with Crippen LogP contribution >= 0.6 is 0 Å². The van der Waals surface area contributed by atoms with Gasteiger partial charge in [-0.2, -0.15) is 0 Å². The molecule has 0 amide bonds. The monoisotopic (exact) mass is 155 g/mol. The summed E-state index contributed by atoms with van der Waals surface area (Å²) in [6.07, 6.45) is 5.80. The third-order valence-corrected chi connectivity index (χ3v) is 2.18. The molecule has 0 aliphatic carbocycles. The average Bonchev–Trinajstić information content (AvgIpc) is 2.31. The first-order valence-electron chi connectivity index (χ1n) is 4.12. The SMILES string of the molecule is CC1N(C)C=CN1CCCN. The molecule has 0 aromatic carbocycles. The maximum Gasteiger partial charge on any atom is 0.0974 e. The number of nitrogens with zero attached hydrogens (tertiary/aromatic N) is 2. The standard InChI is InChI=1S/C8H17N3/c1-8-10(2)6-7-11(8)5-3-4-9/h6-8H,3-5,9H2,1-2H3. The largest absolute Gasteiger partial charge is 0.359 e. The number of hydrogen-bond acceptors (Lipinski definition) is 3. The van der Waals surface area contributed by atoms with E-state index in [-0.39, 0.29) is 0 Å². The number of rotatable bonds is 3.